The zero-order valence-electron chi connectivity index (χ0n) is 6.95. The van der Waals surface area contributed by atoms with Crippen LogP contribution < -0.4 is 16.2 Å². The first kappa shape index (κ1) is 11.3. The van der Waals surface area contributed by atoms with Crippen molar-refractivity contribution in [3.05, 3.63) is 12.7 Å². The largest absolute Gasteiger partial charge is 0.463 e. The summed E-state index contributed by atoms with van der Waals surface area (Å²) in [6.07, 6.45) is 1.72. The number of hydrogen-bond acceptors (Lipinski definition) is 5. The van der Waals surface area contributed by atoms with Crippen LogP contribution >= 0.6 is 0 Å². The minimum absolute atomic E-state index is 0.297. The number of ether oxygens (including phenoxy) is 1. The second-order valence-electron chi connectivity index (χ2n) is 2.59. The van der Waals surface area contributed by atoms with Gasteiger partial charge in [0.2, 0.25) is 0 Å². The van der Waals surface area contributed by atoms with Gasteiger partial charge < -0.3 is 20.9 Å². The number of rotatable bonds is 5. The van der Waals surface area contributed by atoms with Gasteiger partial charge in [-0.3, -0.25) is 0 Å². The first-order chi connectivity index (χ1) is 5.45. The van der Waals surface area contributed by atoms with E-state index in [9.17, 15) is 4.79 Å². The Kier molecular flexibility index (Phi) is 4.75. The first-order valence-corrected chi connectivity index (χ1v) is 6.05. The molecule has 0 amide bonds. The lowest BCUT2D eigenvalue weighted by molar-refractivity contribution is -0.137. The molecule has 0 aromatic rings. The van der Waals surface area contributed by atoms with Crippen molar-refractivity contribution >= 4 is 14.5 Å². The third kappa shape index (κ3) is 7.41. The lowest BCUT2D eigenvalue weighted by Crippen LogP contribution is -2.64. The molecular formula is C6H15N3O2Si. The lowest BCUT2D eigenvalue weighted by atomic mass is 10.5. The summed E-state index contributed by atoms with van der Waals surface area (Å²) in [5.74, 6) is -0.437. The average Bonchev–Trinajstić information content (AvgIpc) is 1.96. The Balaban J connectivity index is 3.34. The van der Waals surface area contributed by atoms with Crippen LogP contribution in [-0.2, 0) is 9.53 Å². The molecule has 0 bridgehead atoms. The molecule has 0 aliphatic heterocycles. The van der Waals surface area contributed by atoms with E-state index < -0.39 is 14.5 Å². The summed E-state index contributed by atoms with van der Waals surface area (Å²) in [5.41, 5.74) is 0. The summed E-state index contributed by atoms with van der Waals surface area (Å²) in [5, 5.41) is 16.3. The van der Waals surface area contributed by atoms with E-state index in [1.54, 1.807) is 0 Å². The van der Waals surface area contributed by atoms with E-state index in [0.717, 1.165) is 6.08 Å². The van der Waals surface area contributed by atoms with Crippen molar-refractivity contribution < 1.29 is 9.53 Å². The second kappa shape index (κ2) is 5.04. The van der Waals surface area contributed by atoms with Crippen molar-refractivity contribution in [2.45, 2.75) is 12.5 Å². The van der Waals surface area contributed by atoms with Gasteiger partial charge >= 0.3 is 5.97 Å². The Morgan fingerprint density at radius 3 is 2.50 bits per heavy atom. The second-order valence-corrected chi connectivity index (χ2v) is 5.31. The van der Waals surface area contributed by atoms with Gasteiger partial charge in [-0.25, -0.2) is 4.79 Å². The summed E-state index contributed by atoms with van der Waals surface area (Å²) in [6, 6.07) is 0.539. The lowest BCUT2D eigenvalue weighted by Gasteiger charge is -2.13. The zero-order valence-corrected chi connectivity index (χ0v) is 7.95. The highest BCUT2D eigenvalue weighted by molar-refractivity contribution is 6.70. The van der Waals surface area contributed by atoms with Crippen LogP contribution in [0.4, 0.5) is 0 Å². The molecule has 0 heterocycles. The van der Waals surface area contributed by atoms with E-state index in [0.29, 0.717) is 19.1 Å². The molecule has 0 saturated carbocycles. The number of carbonyl (C=O) groups is 1. The van der Waals surface area contributed by atoms with Crippen molar-refractivity contribution in [1.29, 1.82) is 0 Å². The molecule has 12 heavy (non-hydrogen) atoms. The molecule has 0 fully saturated rings. The molecule has 0 unspecified atom stereocenters. The SMILES string of the molecule is C=CC(=O)OCCC[Si](N)(N)N. The quantitative estimate of drug-likeness (QED) is 0.221. The Hall–Kier alpha value is -0.693. The van der Waals surface area contributed by atoms with E-state index in [-0.39, 0.29) is 0 Å². The summed E-state index contributed by atoms with van der Waals surface area (Å²) >= 11 is 0. The summed E-state index contributed by atoms with van der Waals surface area (Å²) in [4.78, 5) is 10.5. The van der Waals surface area contributed by atoms with Crippen LogP contribution in [0.25, 0.3) is 0 Å². The number of esters is 1. The minimum atomic E-state index is -2.46. The minimum Gasteiger partial charge on any atom is -0.463 e. The Morgan fingerprint density at radius 1 is 1.50 bits per heavy atom. The van der Waals surface area contributed by atoms with Gasteiger partial charge in [0.05, 0.1) is 6.61 Å². The van der Waals surface area contributed by atoms with Crippen LogP contribution in [0.15, 0.2) is 12.7 Å². The predicted molar refractivity (Wildman–Crippen MR) is 48.9 cm³/mol. The van der Waals surface area contributed by atoms with Crippen LogP contribution in [0.2, 0.25) is 6.04 Å². The molecule has 0 rings (SSSR count). The van der Waals surface area contributed by atoms with Gasteiger partial charge in [0, 0.05) is 6.08 Å². The molecular weight excluding hydrogens is 174 g/mol. The van der Waals surface area contributed by atoms with E-state index in [4.69, 9.17) is 16.2 Å². The molecule has 0 spiro atoms. The highest BCUT2D eigenvalue weighted by atomic mass is 28.4. The van der Waals surface area contributed by atoms with Gasteiger partial charge in [0.25, 0.3) is 8.56 Å². The fourth-order valence-corrected chi connectivity index (χ4v) is 1.37. The molecule has 0 saturated heterocycles. The fourth-order valence-electron chi connectivity index (χ4n) is 0.610. The van der Waals surface area contributed by atoms with Crippen molar-refractivity contribution in [1.82, 2.24) is 0 Å². The monoisotopic (exact) mass is 189 g/mol. The number of hydrogen-bond donors (Lipinski definition) is 3. The maximum absolute atomic E-state index is 10.5. The summed E-state index contributed by atoms with van der Waals surface area (Å²) in [7, 11) is -2.46. The smallest absolute Gasteiger partial charge is 0.330 e. The summed E-state index contributed by atoms with van der Waals surface area (Å²) < 4.78 is 4.69. The highest BCUT2D eigenvalue weighted by Crippen LogP contribution is 1.94. The standard InChI is InChI=1S/C6H15N3O2Si/c1-2-6(10)11-4-3-5-12(7,8)9/h2H,1,3-5,7-9H2. The molecule has 0 aliphatic carbocycles. The van der Waals surface area contributed by atoms with E-state index in [1.165, 1.54) is 0 Å². The maximum Gasteiger partial charge on any atom is 0.330 e. The van der Waals surface area contributed by atoms with Gasteiger partial charge in [0.15, 0.2) is 0 Å². The molecule has 70 valence electrons. The Morgan fingerprint density at radius 2 is 2.08 bits per heavy atom. The van der Waals surface area contributed by atoms with Crippen LogP contribution in [-0.4, -0.2) is 21.1 Å². The molecule has 0 aromatic carbocycles. The normalized spacial score (nSPS) is 10.9. The van der Waals surface area contributed by atoms with Crippen molar-refractivity contribution in [3.8, 4) is 0 Å². The zero-order chi connectivity index (χ0) is 9.61. The third-order valence-electron chi connectivity index (χ3n) is 1.17. The van der Waals surface area contributed by atoms with Gasteiger partial charge in [0.1, 0.15) is 0 Å². The van der Waals surface area contributed by atoms with Crippen LogP contribution in [0.5, 0.6) is 0 Å². The van der Waals surface area contributed by atoms with Gasteiger partial charge in [-0.15, -0.1) is 0 Å². The van der Waals surface area contributed by atoms with Gasteiger partial charge in [-0.2, -0.15) is 0 Å². The fraction of sp³-hybridized carbons (Fsp3) is 0.500. The van der Waals surface area contributed by atoms with E-state index >= 15 is 0 Å². The third-order valence-corrected chi connectivity index (χ3v) is 2.38. The molecule has 0 atom stereocenters. The Bertz CT molecular complexity index is 167. The summed E-state index contributed by atoms with van der Waals surface area (Å²) in [6.45, 7) is 3.54. The Labute approximate surface area is 72.8 Å². The van der Waals surface area contributed by atoms with E-state index in [1.807, 2.05) is 0 Å². The average molecular weight is 189 g/mol. The molecule has 0 radical (unpaired) electrons. The van der Waals surface area contributed by atoms with Crippen LogP contribution in [0.3, 0.4) is 0 Å². The first-order valence-electron chi connectivity index (χ1n) is 3.61. The topological polar surface area (TPSA) is 104 Å². The highest BCUT2D eigenvalue weighted by Gasteiger charge is 2.16. The number of carbonyl (C=O) groups excluding carboxylic acids is 1. The van der Waals surface area contributed by atoms with Gasteiger partial charge in [-0.1, -0.05) is 6.58 Å². The van der Waals surface area contributed by atoms with Crippen LogP contribution in [0, 0.1) is 0 Å². The van der Waals surface area contributed by atoms with E-state index in [2.05, 4.69) is 11.3 Å². The van der Waals surface area contributed by atoms with Crippen molar-refractivity contribution in [2.24, 2.45) is 16.2 Å². The maximum atomic E-state index is 10.5. The molecule has 6 N–H and O–H groups in total. The van der Waals surface area contributed by atoms with Crippen molar-refractivity contribution in [3.63, 3.8) is 0 Å². The van der Waals surface area contributed by atoms with Crippen molar-refractivity contribution in [2.75, 3.05) is 6.61 Å². The molecule has 0 aromatic heterocycles. The van der Waals surface area contributed by atoms with Gasteiger partial charge in [-0.05, 0) is 12.5 Å². The number of nitrogens with two attached hydrogens (primary N) is 3. The molecule has 6 heteroatoms. The molecule has 5 nitrogen and oxygen atoms in total. The molecule has 0 aliphatic rings. The predicted octanol–water partition coefficient (Wildman–Crippen LogP) is -1.08. The van der Waals surface area contributed by atoms with Crippen LogP contribution in [0.1, 0.15) is 6.42 Å².